The van der Waals surface area contributed by atoms with E-state index in [-0.39, 0.29) is 0 Å². The van der Waals surface area contributed by atoms with E-state index in [0.29, 0.717) is 23.1 Å². The van der Waals surface area contributed by atoms with Gasteiger partial charge in [0.25, 0.3) is 0 Å². The number of hydrogen-bond donors (Lipinski definition) is 1. The largest absolute Gasteiger partial charge is 0.493 e. The van der Waals surface area contributed by atoms with Crippen LogP contribution in [0.25, 0.3) is 0 Å². The number of hydrogen-bond acceptors (Lipinski definition) is 3. The highest BCUT2D eigenvalue weighted by Gasteiger charge is 2.08. The third-order valence-corrected chi connectivity index (χ3v) is 3.65. The molecule has 0 radical (unpaired) electrons. The highest BCUT2D eigenvalue weighted by Crippen LogP contribution is 2.29. The summed E-state index contributed by atoms with van der Waals surface area (Å²) < 4.78 is 11.2. The summed E-state index contributed by atoms with van der Waals surface area (Å²) in [4.78, 5) is 0.342. The van der Waals surface area contributed by atoms with Crippen molar-refractivity contribution in [2.24, 2.45) is 5.73 Å². The minimum absolute atomic E-state index is 0.342. The van der Waals surface area contributed by atoms with E-state index in [0.717, 1.165) is 11.1 Å². The molecule has 0 heterocycles. The van der Waals surface area contributed by atoms with Crippen molar-refractivity contribution in [3.05, 3.63) is 58.7 Å². The van der Waals surface area contributed by atoms with Crippen molar-refractivity contribution in [3.8, 4) is 11.5 Å². The van der Waals surface area contributed by atoms with Gasteiger partial charge in [-0.1, -0.05) is 30.4 Å². The number of aryl methyl sites for hydroxylation is 2. The van der Waals surface area contributed by atoms with Crippen molar-refractivity contribution in [2.75, 3.05) is 7.11 Å². The summed E-state index contributed by atoms with van der Waals surface area (Å²) in [5.41, 5.74) is 10.0. The monoisotopic (exact) mass is 301 g/mol. The van der Waals surface area contributed by atoms with Crippen LogP contribution in [0.3, 0.4) is 0 Å². The molecular weight excluding hydrogens is 282 g/mol. The van der Waals surface area contributed by atoms with Gasteiger partial charge in [-0.2, -0.15) is 0 Å². The number of rotatable bonds is 5. The lowest BCUT2D eigenvalue weighted by Gasteiger charge is -2.12. The molecule has 0 bridgehead atoms. The number of benzene rings is 2. The van der Waals surface area contributed by atoms with E-state index in [2.05, 4.69) is 32.0 Å². The predicted octanol–water partition coefficient (Wildman–Crippen LogP) is 3.53. The summed E-state index contributed by atoms with van der Waals surface area (Å²) in [6.07, 6.45) is 0. The summed E-state index contributed by atoms with van der Waals surface area (Å²) >= 11 is 4.96. The quantitative estimate of drug-likeness (QED) is 0.858. The summed E-state index contributed by atoms with van der Waals surface area (Å²) in [7, 11) is 1.60. The number of methoxy groups -OCH3 is 1. The summed E-state index contributed by atoms with van der Waals surface area (Å²) in [5, 5.41) is 0. The van der Waals surface area contributed by atoms with E-state index in [4.69, 9.17) is 27.4 Å². The second-order valence-electron chi connectivity index (χ2n) is 4.94. The lowest BCUT2D eigenvalue weighted by Crippen LogP contribution is -2.09. The Morgan fingerprint density at radius 3 is 2.43 bits per heavy atom. The maximum atomic E-state index is 5.83. The lowest BCUT2D eigenvalue weighted by molar-refractivity contribution is 0.284. The third-order valence-electron chi connectivity index (χ3n) is 3.41. The molecule has 110 valence electrons. The van der Waals surface area contributed by atoms with Gasteiger partial charge in [-0.15, -0.1) is 0 Å². The molecule has 0 atom stereocenters. The van der Waals surface area contributed by atoms with E-state index in [9.17, 15) is 0 Å². The second-order valence-corrected chi connectivity index (χ2v) is 5.38. The van der Waals surface area contributed by atoms with Gasteiger partial charge in [0.1, 0.15) is 11.6 Å². The van der Waals surface area contributed by atoms with Crippen molar-refractivity contribution >= 4 is 17.2 Å². The first-order valence-corrected chi connectivity index (χ1v) is 7.09. The summed E-state index contributed by atoms with van der Waals surface area (Å²) in [5.74, 6) is 1.31. The van der Waals surface area contributed by atoms with Crippen molar-refractivity contribution in [2.45, 2.75) is 20.5 Å². The maximum absolute atomic E-state index is 5.83. The van der Waals surface area contributed by atoms with Gasteiger partial charge < -0.3 is 15.2 Å². The van der Waals surface area contributed by atoms with Gasteiger partial charge >= 0.3 is 0 Å². The average Bonchev–Trinajstić information content (AvgIpc) is 2.48. The van der Waals surface area contributed by atoms with Gasteiger partial charge in [-0.3, -0.25) is 0 Å². The fourth-order valence-electron chi connectivity index (χ4n) is 1.99. The van der Waals surface area contributed by atoms with Crippen molar-refractivity contribution in [1.29, 1.82) is 0 Å². The van der Waals surface area contributed by atoms with Gasteiger partial charge in [0.2, 0.25) is 0 Å². The number of thiocarbonyl (C=S) groups is 1. The average molecular weight is 301 g/mol. The number of ether oxygens (including phenoxy) is 2. The van der Waals surface area contributed by atoms with Crippen LogP contribution in [0.5, 0.6) is 11.5 Å². The fourth-order valence-corrected chi connectivity index (χ4v) is 2.12. The van der Waals surface area contributed by atoms with Gasteiger partial charge in [0.15, 0.2) is 11.5 Å². The van der Waals surface area contributed by atoms with Crippen molar-refractivity contribution in [3.63, 3.8) is 0 Å². The van der Waals surface area contributed by atoms with Gasteiger partial charge in [-0.25, -0.2) is 0 Å². The van der Waals surface area contributed by atoms with E-state index < -0.39 is 0 Å². The zero-order valence-corrected chi connectivity index (χ0v) is 13.3. The number of nitrogens with two attached hydrogens (primary N) is 1. The highest BCUT2D eigenvalue weighted by molar-refractivity contribution is 7.80. The smallest absolute Gasteiger partial charge is 0.161 e. The van der Waals surface area contributed by atoms with Crippen LogP contribution in [0.2, 0.25) is 0 Å². The van der Waals surface area contributed by atoms with Crippen molar-refractivity contribution < 1.29 is 9.47 Å². The van der Waals surface area contributed by atoms with Gasteiger partial charge in [0.05, 0.1) is 7.11 Å². The first-order chi connectivity index (χ1) is 10.0. The standard InChI is InChI=1S/C17H19NO2S/c1-11-4-5-13(8-12(11)2)10-20-15-7-6-14(17(18)21)9-16(15)19-3/h4-9H,10H2,1-3H3,(H2,18,21). The fraction of sp³-hybridized carbons (Fsp3) is 0.235. The molecule has 0 aliphatic heterocycles. The molecule has 0 spiro atoms. The molecule has 4 heteroatoms. The van der Waals surface area contributed by atoms with Crippen LogP contribution >= 0.6 is 12.2 Å². The van der Waals surface area contributed by atoms with E-state index in [1.165, 1.54) is 11.1 Å². The Labute approximate surface area is 130 Å². The van der Waals surface area contributed by atoms with Crippen LogP contribution in [-0.2, 0) is 6.61 Å². The van der Waals surface area contributed by atoms with E-state index in [1.54, 1.807) is 13.2 Å². The Kier molecular flexibility index (Phi) is 4.81. The maximum Gasteiger partial charge on any atom is 0.161 e. The minimum atomic E-state index is 0.342. The van der Waals surface area contributed by atoms with Crippen LogP contribution < -0.4 is 15.2 Å². The molecular formula is C17H19NO2S. The van der Waals surface area contributed by atoms with Crippen LogP contribution in [-0.4, -0.2) is 12.1 Å². The topological polar surface area (TPSA) is 44.5 Å². The molecule has 0 unspecified atom stereocenters. The molecule has 0 saturated heterocycles. The SMILES string of the molecule is COc1cc(C(N)=S)ccc1OCc1ccc(C)c(C)c1. The molecule has 2 aromatic carbocycles. The zero-order valence-electron chi connectivity index (χ0n) is 12.5. The van der Waals surface area contributed by atoms with Crippen LogP contribution in [0.4, 0.5) is 0 Å². The molecule has 0 fully saturated rings. The molecule has 2 rings (SSSR count). The minimum Gasteiger partial charge on any atom is -0.493 e. The Morgan fingerprint density at radius 1 is 1.05 bits per heavy atom. The Bertz CT molecular complexity index is 668. The third kappa shape index (κ3) is 3.73. The molecule has 0 aliphatic carbocycles. The van der Waals surface area contributed by atoms with E-state index >= 15 is 0 Å². The molecule has 2 aromatic rings. The normalized spacial score (nSPS) is 10.2. The first kappa shape index (κ1) is 15.3. The molecule has 3 nitrogen and oxygen atoms in total. The van der Waals surface area contributed by atoms with Gasteiger partial charge in [-0.05, 0) is 48.7 Å². The molecule has 21 heavy (non-hydrogen) atoms. The second kappa shape index (κ2) is 6.59. The van der Waals surface area contributed by atoms with Crippen LogP contribution in [0.15, 0.2) is 36.4 Å². The van der Waals surface area contributed by atoms with Crippen LogP contribution in [0, 0.1) is 13.8 Å². The highest BCUT2D eigenvalue weighted by atomic mass is 32.1. The Hall–Kier alpha value is -2.07. The molecule has 0 amide bonds. The lowest BCUT2D eigenvalue weighted by atomic mass is 10.1. The van der Waals surface area contributed by atoms with E-state index in [1.807, 2.05) is 12.1 Å². The molecule has 0 aromatic heterocycles. The molecule has 0 aliphatic rings. The van der Waals surface area contributed by atoms with Crippen molar-refractivity contribution in [1.82, 2.24) is 0 Å². The Balaban J connectivity index is 2.15. The molecule has 2 N–H and O–H groups in total. The van der Waals surface area contributed by atoms with Crippen LogP contribution in [0.1, 0.15) is 22.3 Å². The molecule has 0 saturated carbocycles. The summed E-state index contributed by atoms with van der Waals surface area (Å²) in [6.45, 7) is 4.68. The van der Waals surface area contributed by atoms with Gasteiger partial charge in [0, 0.05) is 5.56 Å². The zero-order chi connectivity index (χ0) is 15.4. The summed E-state index contributed by atoms with van der Waals surface area (Å²) in [6, 6.07) is 11.7. The predicted molar refractivity (Wildman–Crippen MR) is 89.1 cm³/mol. The first-order valence-electron chi connectivity index (χ1n) is 6.68. The Morgan fingerprint density at radius 2 is 1.81 bits per heavy atom.